The van der Waals surface area contributed by atoms with Crippen molar-refractivity contribution in [2.45, 2.75) is 38.1 Å². The second-order valence-electron chi connectivity index (χ2n) is 3.92. The number of nitrogens with two attached hydrogens (primary N) is 1. The standard InChI is InChI=1S/C10H19NO3/c11-9(6-12)10(13)14-7-8-4-2-1-3-5-8/h8-9,12H,1-7,11H2/t9-/m0/s1. The predicted molar refractivity (Wildman–Crippen MR) is 52.6 cm³/mol. The lowest BCUT2D eigenvalue weighted by atomic mass is 9.90. The summed E-state index contributed by atoms with van der Waals surface area (Å²) >= 11 is 0. The fourth-order valence-electron chi connectivity index (χ4n) is 1.74. The zero-order valence-corrected chi connectivity index (χ0v) is 8.45. The van der Waals surface area contributed by atoms with E-state index >= 15 is 0 Å². The smallest absolute Gasteiger partial charge is 0.325 e. The number of ether oxygens (including phenoxy) is 1. The lowest BCUT2D eigenvalue weighted by Gasteiger charge is -2.21. The van der Waals surface area contributed by atoms with Gasteiger partial charge in [0, 0.05) is 0 Å². The molecule has 82 valence electrons. The summed E-state index contributed by atoms with van der Waals surface area (Å²) in [5.41, 5.74) is 5.31. The van der Waals surface area contributed by atoms with Crippen molar-refractivity contribution in [3.8, 4) is 0 Å². The summed E-state index contributed by atoms with van der Waals surface area (Å²) < 4.78 is 5.01. The van der Waals surface area contributed by atoms with E-state index in [1.165, 1.54) is 19.3 Å². The van der Waals surface area contributed by atoms with Crippen LogP contribution in [0.4, 0.5) is 0 Å². The van der Waals surface area contributed by atoms with Crippen LogP contribution in [0.2, 0.25) is 0 Å². The van der Waals surface area contributed by atoms with Crippen molar-refractivity contribution >= 4 is 5.97 Å². The summed E-state index contributed by atoms with van der Waals surface area (Å²) in [5, 5.41) is 8.62. The van der Waals surface area contributed by atoms with Crippen LogP contribution in [0.25, 0.3) is 0 Å². The van der Waals surface area contributed by atoms with Crippen LogP contribution in [0.1, 0.15) is 32.1 Å². The molecule has 0 aromatic carbocycles. The third kappa shape index (κ3) is 3.64. The Bertz CT molecular complexity index is 178. The molecule has 0 amide bonds. The molecule has 0 saturated heterocycles. The molecule has 0 radical (unpaired) electrons. The maximum atomic E-state index is 11.1. The topological polar surface area (TPSA) is 72.5 Å². The predicted octanol–water partition coefficient (Wildman–Crippen LogP) is 0.429. The Balaban J connectivity index is 2.15. The highest BCUT2D eigenvalue weighted by molar-refractivity contribution is 5.75. The van der Waals surface area contributed by atoms with Gasteiger partial charge in [-0.05, 0) is 18.8 Å². The normalized spacial score (nSPS) is 20.4. The Kier molecular flexibility index (Phi) is 4.90. The molecule has 0 aliphatic heterocycles. The molecule has 1 rings (SSSR count). The van der Waals surface area contributed by atoms with Gasteiger partial charge in [-0.2, -0.15) is 0 Å². The second kappa shape index (κ2) is 5.98. The fraction of sp³-hybridized carbons (Fsp3) is 0.900. The van der Waals surface area contributed by atoms with Crippen molar-refractivity contribution in [1.82, 2.24) is 0 Å². The molecule has 0 heterocycles. The summed E-state index contributed by atoms with van der Waals surface area (Å²) in [7, 11) is 0. The number of esters is 1. The Morgan fingerprint density at radius 2 is 2.07 bits per heavy atom. The highest BCUT2D eigenvalue weighted by Crippen LogP contribution is 2.23. The molecule has 0 unspecified atom stereocenters. The monoisotopic (exact) mass is 201 g/mol. The van der Waals surface area contributed by atoms with E-state index in [4.69, 9.17) is 15.6 Å². The Morgan fingerprint density at radius 3 is 2.64 bits per heavy atom. The summed E-state index contributed by atoms with van der Waals surface area (Å²) in [5.74, 6) is 0.0108. The molecule has 4 nitrogen and oxygen atoms in total. The zero-order valence-electron chi connectivity index (χ0n) is 8.45. The summed E-state index contributed by atoms with van der Waals surface area (Å²) in [6.07, 6.45) is 6.03. The van der Waals surface area contributed by atoms with Crippen LogP contribution < -0.4 is 5.73 Å². The van der Waals surface area contributed by atoms with Crippen LogP contribution in [-0.4, -0.2) is 30.3 Å². The summed E-state index contributed by atoms with van der Waals surface area (Å²) in [6.45, 7) is 0.121. The van der Waals surface area contributed by atoms with E-state index in [-0.39, 0.29) is 6.61 Å². The van der Waals surface area contributed by atoms with Gasteiger partial charge < -0.3 is 15.6 Å². The molecule has 1 atom stereocenters. The molecular weight excluding hydrogens is 182 g/mol. The lowest BCUT2D eigenvalue weighted by molar-refractivity contribution is -0.147. The van der Waals surface area contributed by atoms with Crippen LogP contribution in [0.3, 0.4) is 0 Å². The molecule has 4 heteroatoms. The molecule has 1 fully saturated rings. The minimum atomic E-state index is -0.876. The van der Waals surface area contributed by atoms with Crippen LogP contribution in [0.15, 0.2) is 0 Å². The van der Waals surface area contributed by atoms with Crippen molar-refractivity contribution in [3.63, 3.8) is 0 Å². The van der Waals surface area contributed by atoms with E-state index in [2.05, 4.69) is 0 Å². The van der Waals surface area contributed by atoms with Crippen molar-refractivity contribution in [2.24, 2.45) is 11.7 Å². The number of carbonyl (C=O) groups is 1. The largest absolute Gasteiger partial charge is 0.464 e. The molecule has 0 bridgehead atoms. The maximum Gasteiger partial charge on any atom is 0.325 e. The molecule has 1 aliphatic carbocycles. The van der Waals surface area contributed by atoms with Gasteiger partial charge >= 0.3 is 5.97 Å². The molecular formula is C10H19NO3. The van der Waals surface area contributed by atoms with Gasteiger partial charge in [-0.15, -0.1) is 0 Å². The van der Waals surface area contributed by atoms with Crippen molar-refractivity contribution in [3.05, 3.63) is 0 Å². The van der Waals surface area contributed by atoms with Gasteiger partial charge in [-0.1, -0.05) is 19.3 Å². The Hall–Kier alpha value is -0.610. The molecule has 14 heavy (non-hydrogen) atoms. The number of aliphatic hydroxyl groups excluding tert-OH is 1. The number of carbonyl (C=O) groups excluding carboxylic acids is 1. The quantitative estimate of drug-likeness (QED) is 0.647. The zero-order chi connectivity index (χ0) is 10.4. The fourth-order valence-corrected chi connectivity index (χ4v) is 1.74. The van der Waals surface area contributed by atoms with Crippen LogP contribution in [-0.2, 0) is 9.53 Å². The van der Waals surface area contributed by atoms with Crippen molar-refractivity contribution in [1.29, 1.82) is 0 Å². The van der Waals surface area contributed by atoms with E-state index < -0.39 is 12.0 Å². The van der Waals surface area contributed by atoms with Gasteiger partial charge in [0.1, 0.15) is 6.04 Å². The first-order valence-electron chi connectivity index (χ1n) is 5.27. The first-order chi connectivity index (χ1) is 6.74. The van der Waals surface area contributed by atoms with Gasteiger partial charge in [0.2, 0.25) is 0 Å². The lowest BCUT2D eigenvalue weighted by Crippen LogP contribution is -2.36. The highest BCUT2D eigenvalue weighted by Gasteiger charge is 2.18. The van der Waals surface area contributed by atoms with Crippen LogP contribution >= 0.6 is 0 Å². The van der Waals surface area contributed by atoms with Gasteiger partial charge in [0.05, 0.1) is 13.2 Å². The molecule has 1 aliphatic rings. The van der Waals surface area contributed by atoms with E-state index in [1.54, 1.807) is 0 Å². The first-order valence-corrected chi connectivity index (χ1v) is 5.27. The maximum absolute atomic E-state index is 11.1. The average Bonchev–Trinajstić information content (AvgIpc) is 2.26. The van der Waals surface area contributed by atoms with Crippen molar-refractivity contribution in [2.75, 3.05) is 13.2 Å². The third-order valence-corrected chi connectivity index (χ3v) is 2.69. The second-order valence-corrected chi connectivity index (χ2v) is 3.92. The van der Waals surface area contributed by atoms with E-state index in [0.717, 1.165) is 12.8 Å². The van der Waals surface area contributed by atoms with Gasteiger partial charge in [0.25, 0.3) is 0 Å². The molecule has 0 aromatic heterocycles. The molecule has 0 aromatic rings. The number of aliphatic hydroxyl groups is 1. The first kappa shape index (κ1) is 11.5. The Morgan fingerprint density at radius 1 is 1.43 bits per heavy atom. The van der Waals surface area contributed by atoms with Crippen LogP contribution in [0.5, 0.6) is 0 Å². The van der Waals surface area contributed by atoms with E-state index in [0.29, 0.717) is 12.5 Å². The number of hydrogen-bond donors (Lipinski definition) is 2. The minimum absolute atomic E-state index is 0.344. The van der Waals surface area contributed by atoms with E-state index in [1.807, 2.05) is 0 Å². The molecule has 1 saturated carbocycles. The van der Waals surface area contributed by atoms with Gasteiger partial charge in [-0.25, -0.2) is 0 Å². The SMILES string of the molecule is N[C@@H](CO)C(=O)OCC1CCCCC1. The summed E-state index contributed by atoms with van der Waals surface area (Å²) in [6, 6.07) is -0.876. The molecule has 3 N–H and O–H groups in total. The van der Waals surface area contributed by atoms with E-state index in [9.17, 15) is 4.79 Å². The number of hydrogen-bond acceptors (Lipinski definition) is 4. The third-order valence-electron chi connectivity index (χ3n) is 2.69. The summed E-state index contributed by atoms with van der Waals surface area (Å²) in [4.78, 5) is 11.1. The van der Waals surface area contributed by atoms with Crippen LogP contribution in [0, 0.1) is 5.92 Å². The minimum Gasteiger partial charge on any atom is -0.464 e. The Labute approximate surface area is 84.4 Å². The average molecular weight is 201 g/mol. The molecule has 0 spiro atoms. The van der Waals surface area contributed by atoms with Gasteiger partial charge in [-0.3, -0.25) is 4.79 Å². The number of rotatable bonds is 4. The van der Waals surface area contributed by atoms with Crippen molar-refractivity contribution < 1.29 is 14.6 Å². The highest BCUT2D eigenvalue weighted by atomic mass is 16.5. The van der Waals surface area contributed by atoms with Gasteiger partial charge in [0.15, 0.2) is 0 Å².